The van der Waals surface area contributed by atoms with Crippen LogP contribution in [0.2, 0.25) is 10.0 Å². The fraction of sp³-hybridized carbons (Fsp3) is 0.308. The van der Waals surface area contributed by atoms with Gasteiger partial charge in [0.25, 0.3) is 5.91 Å². The number of carbonyl (C=O) groups excluding carboxylic acids is 1. The molecule has 1 saturated heterocycles. The van der Waals surface area contributed by atoms with Gasteiger partial charge in [-0.2, -0.15) is 11.8 Å². The number of carbonyl (C=O) groups is 1. The number of rotatable bonds is 5. The minimum absolute atomic E-state index is 0.0395. The van der Waals surface area contributed by atoms with Gasteiger partial charge in [0.2, 0.25) is 0 Å². The number of nitrogens with zero attached hydrogens (tertiary/aromatic N) is 2. The molecule has 0 spiro atoms. The standard InChI is InChI=1S/C26H26Cl2FN3OS/c1-30-25(26(33)32-11-3-2-4-12-32)21-16-34-15-18(13-17-5-8-20(29)9-6-17)24(21)31-23-10-7-19(27)14-22(23)28/h5-10,13-14,31H,2-4,11-12,15-16H2,1H3/b18-13+,30-25+. The number of benzene rings is 2. The molecule has 0 atom stereocenters. The molecule has 2 aromatic carbocycles. The molecule has 8 heteroatoms. The van der Waals surface area contributed by atoms with Crippen LogP contribution < -0.4 is 5.32 Å². The Morgan fingerprint density at radius 3 is 2.50 bits per heavy atom. The zero-order valence-corrected chi connectivity index (χ0v) is 21.2. The van der Waals surface area contributed by atoms with Crippen LogP contribution in [-0.2, 0) is 4.79 Å². The maximum absolute atomic E-state index is 13.5. The predicted octanol–water partition coefficient (Wildman–Crippen LogP) is 6.71. The van der Waals surface area contributed by atoms with Gasteiger partial charge in [-0.05, 0) is 66.8 Å². The summed E-state index contributed by atoms with van der Waals surface area (Å²) >= 11 is 14.3. The van der Waals surface area contributed by atoms with E-state index in [2.05, 4.69) is 10.3 Å². The molecule has 4 nitrogen and oxygen atoms in total. The Balaban J connectivity index is 1.79. The molecule has 178 valence electrons. The van der Waals surface area contributed by atoms with Gasteiger partial charge in [0.15, 0.2) is 0 Å². The summed E-state index contributed by atoms with van der Waals surface area (Å²) in [5, 5.41) is 4.49. The first kappa shape index (κ1) is 24.8. The van der Waals surface area contributed by atoms with E-state index in [1.807, 2.05) is 17.0 Å². The molecule has 1 N–H and O–H groups in total. The highest BCUT2D eigenvalue weighted by Crippen LogP contribution is 2.35. The Morgan fingerprint density at radius 1 is 1.09 bits per heavy atom. The van der Waals surface area contributed by atoms with Crippen molar-refractivity contribution >= 4 is 58.3 Å². The van der Waals surface area contributed by atoms with E-state index >= 15 is 0 Å². The molecule has 1 amide bonds. The maximum Gasteiger partial charge on any atom is 0.272 e. The summed E-state index contributed by atoms with van der Waals surface area (Å²) < 4.78 is 13.5. The van der Waals surface area contributed by atoms with Crippen molar-refractivity contribution in [1.82, 2.24) is 4.90 Å². The molecule has 0 unspecified atom stereocenters. The van der Waals surface area contributed by atoms with Crippen LogP contribution in [0.15, 0.2) is 64.3 Å². The van der Waals surface area contributed by atoms with Gasteiger partial charge in [0.1, 0.15) is 11.5 Å². The molecule has 2 heterocycles. The third-order valence-electron chi connectivity index (χ3n) is 5.88. The zero-order valence-electron chi connectivity index (χ0n) is 18.9. The average Bonchev–Trinajstić information content (AvgIpc) is 2.84. The Kier molecular flexibility index (Phi) is 8.35. The molecule has 0 aliphatic carbocycles. The van der Waals surface area contributed by atoms with E-state index in [9.17, 15) is 9.18 Å². The van der Waals surface area contributed by atoms with Crippen LogP contribution in [0.25, 0.3) is 6.08 Å². The fourth-order valence-corrected chi connectivity index (χ4v) is 5.64. The van der Waals surface area contributed by atoms with Crippen LogP contribution in [0.5, 0.6) is 0 Å². The number of piperidine rings is 1. The number of allylic oxidation sites excluding steroid dienone is 1. The van der Waals surface area contributed by atoms with Crippen LogP contribution in [-0.4, -0.2) is 48.2 Å². The number of aliphatic imine (C=N–C) groups is 1. The molecule has 0 bridgehead atoms. The lowest BCUT2D eigenvalue weighted by Crippen LogP contribution is -2.41. The minimum atomic E-state index is -0.282. The van der Waals surface area contributed by atoms with Crippen molar-refractivity contribution in [1.29, 1.82) is 0 Å². The first-order valence-corrected chi connectivity index (χ1v) is 13.1. The highest BCUT2D eigenvalue weighted by molar-refractivity contribution is 7.99. The Bertz CT molecular complexity index is 1160. The van der Waals surface area contributed by atoms with Crippen LogP contribution in [0.4, 0.5) is 10.1 Å². The number of nitrogens with one attached hydrogen (secondary N) is 1. The molecule has 0 aromatic heterocycles. The van der Waals surface area contributed by atoms with Gasteiger partial charge < -0.3 is 10.2 Å². The second kappa shape index (κ2) is 11.4. The van der Waals surface area contributed by atoms with Crippen molar-refractivity contribution in [2.24, 2.45) is 4.99 Å². The van der Waals surface area contributed by atoms with Crippen molar-refractivity contribution in [3.8, 4) is 0 Å². The van der Waals surface area contributed by atoms with E-state index in [-0.39, 0.29) is 11.7 Å². The quantitative estimate of drug-likeness (QED) is 0.448. The predicted molar refractivity (Wildman–Crippen MR) is 143 cm³/mol. The summed E-state index contributed by atoms with van der Waals surface area (Å²) in [6.45, 7) is 1.50. The summed E-state index contributed by atoms with van der Waals surface area (Å²) in [5.74, 6) is 1.04. The number of hydrogen-bond donors (Lipinski definition) is 1. The summed E-state index contributed by atoms with van der Waals surface area (Å²) in [6.07, 6.45) is 5.18. The average molecular weight is 518 g/mol. The van der Waals surface area contributed by atoms with Gasteiger partial charge in [0.05, 0.1) is 10.7 Å². The van der Waals surface area contributed by atoms with E-state index in [4.69, 9.17) is 23.2 Å². The zero-order chi connectivity index (χ0) is 24.1. The highest BCUT2D eigenvalue weighted by Gasteiger charge is 2.29. The van der Waals surface area contributed by atoms with E-state index in [0.29, 0.717) is 27.2 Å². The first-order chi connectivity index (χ1) is 16.5. The number of halogens is 3. The Labute approximate surface area is 213 Å². The summed E-state index contributed by atoms with van der Waals surface area (Å²) in [6, 6.07) is 11.6. The third-order valence-corrected chi connectivity index (χ3v) is 7.44. The van der Waals surface area contributed by atoms with Gasteiger partial charge in [-0.1, -0.05) is 35.3 Å². The summed E-state index contributed by atoms with van der Waals surface area (Å²) in [7, 11) is 1.67. The van der Waals surface area contributed by atoms with Gasteiger partial charge in [-0.25, -0.2) is 4.39 Å². The molecule has 2 aliphatic rings. The molecule has 2 aromatic rings. The smallest absolute Gasteiger partial charge is 0.272 e. The van der Waals surface area contributed by atoms with Crippen LogP contribution >= 0.6 is 35.0 Å². The Hall–Kier alpha value is -2.28. The number of likely N-dealkylation sites (tertiary alicyclic amines) is 1. The van der Waals surface area contributed by atoms with Crippen LogP contribution in [0.1, 0.15) is 24.8 Å². The van der Waals surface area contributed by atoms with Crippen LogP contribution in [0, 0.1) is 5.82 Å². The van der Waals surface area contributed by atoms with E-state index < -0.39 is 0 Å². The lowest BCUT2D eigenvalue weighted by Gasteiger charge is -2.30. The van der Waals surface area contributed by atoms with Gasteiger partial charge in [-0.3, -0.25) is 9.79 Å². The molecule has 1 fully saturated rings. The SMILES string of the molecule is C/N=C(/C(=O)N1CCCCC1)C1=C(Nc2ccc(Cl)cc2Cl)/C(=C/c2ccc(F)cc2)CSC1. The van der Waals surface area contributed by atoms with E-state index in [0.717, 1.165) is 60.5 Å². The maximum atomic E-state index is 13.5. The minimum Gasteiger partial charge on any atom is -0.354 e. The summed E-state index contributed by atoms with van der Waals surface area (Å²) in [5.41, 5.74) is 4.66. The van der Waals surface area contributed by atoms with Crippen molar-refractivity contribution < 1.29 is 9.18 Å². The number of anilines is 1. The van der Waals surface area contributed by atoms with Crippen molar-refractivity contribution in [3.05, 3.63) is 80.7 Å². The summed E-state index contributed by atoms with van der Waals surface area (Å²) in [4.78, 5) is 19.8. The second-order valence-electron chi connectivity index (χ2n) is 8.24. The van der Waals surface area contributed by atoms with Crippen molar-refractivity contribution in [3.63, 3.8) is 0 Å². The lowest BCUT2D eigenvalue weighted by atomic mass is 9.99. The number of hydrogen-bond acceptors (Lipinski definition) is 4. The van der Waals surface area contributed by atoms with Crippen molar-refractivity contribution in [2.45, 2.75) is 19.3 Å². The lowest BCUT2D eigenvalue weighted by molar-refractivity contribution is -0.124. The third kappa shape index (κ3) is 5.85. The second-order valence-corrected chi connectivity index (χ2v) is 10.1. The number of thioether (sulfide) groups is 1. The Morgan fingerprint density at radius 2 is 1.82 bits per heavy atom. The molecule has 4 rings (SSSR count). The monoisotopic (exact) mass is 517 g/mol. The van der Waals surface area contributed by atoms with Crippen LogP contribution in [0.3, 0.4) is 0 Å². The molecule has 34 heavy (non-hydrogen) atoms. The van der Waals surface area contributed by atoms with Gasteiger partial charge in [-0.15, -0.1) is 0 Å². The van der Waals surface area contributed by atoms with Gasteiger partial charge >= 0.3 is 0 Å². The van der Waals surface area contributed by atoms with Gasteiger partial charge in [0, 0.05) is 47.9 Å². The number of amides is 1. The highest BCUT2D eigenvalue weighted by atomic mass is 35.5. The molecule has 0 radical (unpaired) electrons. The van der Waals surface area contributed by atoms with E-state index in [1.165, 1.54) is 12.1 Å². The molecule has 2 aliphatic heterocycles. The topological polar surface area (TPSA) is 44.7 Å². The molecular formula is C26H26Cl2FN3OS. The largest absolute Gasteiger partial charge is 0.354 e. The first-order valence-electron chi connectivity index (χ1n) is 11.2. The molecular weight excluding hydrogens is 492 g/mol. The van der Waals surface area contributed by atoms with Crippen molar-refractivity contribution in [2.75, 3.05) is 37.0 Å². The fourth-order valence-electron chi connectivity index (χ4n) is 4.15. The molecule has 0 saturated carbocycles. The normalized spacial score (nSPS) is 18.4. The van der Waals surface area contributed by atoms with E-state index in [1.54, 1.807) is 43.1 Å².